The Hall–Kier alpha value is -3.59. The second kappa shape index (κ2) is 10.6. The van der Waals surface area contributed by atoms with E-state index < -0.39 is 0 Å². The van der Waals surface area contributed by atoms with Crippen LogP contribution in [0, 0.1) is 0 Å². The first-order chi connectivity index (χ1) is 16.5. The molecule has 0 unspecified atom stereocenters. The molecule has 4 heterocycles. The van der Waals surface area contributed by atoms with Crippen molar-refractivity contribution in [3.63, 3.8) is 0 Å². The van der Waals surface area contributed by atoms with Crippen LogP contribution in [0.15, 0.2) is 35.0 Å². The first-order valence-corrected chi connectivity index (χ1v) is 11.8. The van der Waals surface area contributed by atoms with Gasteiger partial charge in [-0.1, -0.05) is 13.8 Å². The predicted molar refractivity (Wildman–Crippen MR) is 133 cm³/mol. The summed E-state index contributed by atoms with van der Waals surface area (Å²) < 4.78 is 0. The summed E-state index contributed by atoms with van der Waals surface area (Å²) in [5.74, 6) is 0.232. The fourth-order valence-corrected chi connectivity index (χ4v) is 4.20. The quantitative estimate of drug-likeness (QED) is 0.582. The average molecular weight is 462 g/mol. The molecule has 0 radical (unpaired) electrons. The lowest BCUT2D eigenvalue weighted by atomic mass is 10.1. The highest BCUT2D eigenvalue weighted by Gasteiger charge is 2.22. The van der Waals surface area contributed by atoms with Gasteiger partial charge in [0.1, 0.15) is 11.5 Å². The minimum Gasteiger partial charge on any atom is -0.387 e. The number of rotatable bonds is 7. The molecule has 9 nitrogen and oxygen atoms in total. The first kappa shape index (κ1) is 23.6. The summed E-state index contributed by atoms with van der Waals surface area (Å²) in [5, 5.41) is 6.17. The average Bonchev–Trinajstić information content (AvgIpc) is 3.00. The number of pyridine rings is 2. The van der Waals surface area contributed by atoms with Crippen LogP contribution in [-0.2, 0) is 17.8 Å². The van der Waals surface area contributed by atoms with Crippen molar-refractivity contribution in [1.29, 1.82) is 0 Å². The standard InChI is InChI=1S/C25H31N7O2/c1-3-9-32(10-4-2)25(34)17-11-16-5-6-21(30-23(16)31-22(26)13-17)24(33)29-19-12-18-14-27-8-7-20(18)28-15-19/h5-6,11-12,15,27H,3-4,7-10,13-14H2,1-2H3,(H,29,33)(H2,26,30,31). The highest BCUT2D eigenvalue weighted by molar-refractivity contribution is 6.06. The van der Waals surface area contributed by atoms with Gasteiger partial charge in [-0.15, -0.1) is 0 Å². The van der Waals surface area contributed by atoms with Crippen molar-refractivity contribution >= 4 is 35.2 Å². The van der Waals surface area contributed by atoms with Crippen molar-refractivity contribution < 1.29 is 9.59 Å². The molecule has 4 N–H and O–H groups in total. The van der Waals surface area contributed by atoms with Gasteiger partial charge in [0.2, 0.25) is 5.91 Å². The van der Waals surface area contributed by atoms with Crippen LogP contribution >= 0.6 is 0 Å². The summed E-state index contributed by atoms with van der Waals surface area (Å²) in [6, 6.07) is 5.32. The minimum absolute atomic E-state index is 0.0362. The van der Waals surface area contributed by atoms with E-state index in [-0.39, 0.29) is 23.9 Å². The predicted octanol–water partition coefficient (Wildman–Crippen LogP) is 2.80. The summed E-state index contributed by atoms with van der Waals surface area (Å²) in [6.07, 6.45) is 6.34. The van der Waals surface area contributed by atoms with E-state index in [1.807, 2.05) is 11.0 Å². The van der Waals surface area contributed by atoms with Crippen molar-refractivity contribution in [2.75, 3.05) is 25.0 Å². The van der Waals surface area contributed by atoms with Crippen molar-refractivity contribution in [1.82, 2.24) is 20.2 Å². The second-order valence-corrected chi connectivity index (χ2v) is 8.56. The van der Waals surface area contributed by atoms with E-state index in [0.29, 0.717) is 41.6 Å². The fourth-order valence-electron chi connectivity index (χ4n) is 4.20. The number of aliphatic imine (C=N–C) groups is 1. The molecule has 178 valence electrons. The van der Waals surface area contributed by atoms with Gasteiger partial charge in [0, 0.05) is 55.9 Å². The van der Waals surface area contributed by atoms with Crippen LogP contribution in [0.3, 0.4) is 0 Å². The molecule has 0 saturated carbocycles. The van der Waals surface area contributed by atoms with E-state index in [1.54, 1.807) is 24.4 Å². The van der Waals surface area contributed by atoms with Gasteiger partial charge in [0.15, 0.2) is 5.82 Å². The zero-order chi connectivity index (χ0) is 24.1. The van der Waals surface area contributed by atoms with Gasteiger partial charge < -0.3 is 21.3 Å². The van der Waals surface area contributed by atoms with Crippen LogP contribution in [0.5, 0.6) is 0 Å². The molecule has 4 rings (SSSR count). The van der Waals surface area contributed by atoms with Crippen molar-refractivity contribution in [2.45, 2.75) is 46.1 Å². The van der Waals surface area contributed by atoms with Crippen LogP contribution in [0.25, 0.3) is 6.08 Å². The Morgan fingerprint density at radius 1 is 1.21 bits per heavy atom. The Labute approximate surface area is 199 Å². The SMILES string of the molecule is CCCN(CCC)C(=O)C1=Cc2ccc(C(=O)Nc3cnc4c(c3)CNCC4)nc2N=C(N)C1. The Balaban J connectivity index is 1.56. The summed E-state index contributed by atoms with van der Waals surface area (Å²) in [7, 11) is 0. The molecule has 2 aliphatic heterocycles. The van der Waals surface area contributed by atoms with Crippen molar-refractivity contribution in [2.24, 2.45) is 10.7 Å². The lowest BCUT2D eigenvalue weighted by Crippen LogP contribution is -2.34. The Kier molecular flexibility index (Phi) is 7.32. The zero-order valence-electron chi connectivity index (χ0n) is 19.7. The van der Waals surface area contributed by atoms with E-state index >= 15 is 0 Å². The van der Waals surface area contributed by atoms with Crippen LogP contribution in [0.4, 0.5) is 11.5 Å². The number of hydrogen-bond acceptors (Lipinski definition) is 7. The van der Waals surface area contributed by atoms with E-state index in [9.17, 15) is 9.59 Å². The molecule has 0 atom stereocenters. The Morgan fingerprint density at radius 2 is 2.00 bits per heavy atom. The largest absolute Gasteiger partial charge is 0.387 e. The van der Waals surface area contributed by atoms with Gasteiger partial charge in [-0.3, -0.25) is 14.6 Å². The molecule has 0 aliphatic carbocycles. The number of hydrogen-bond donors (Lipinski definition) is 3. The van der Waals surface area contributed by atoms with Crippen LogP contribution in [0.1, 0.15) is 60.4 Å². The smallest absolute Gasteiger partial charge is 0.274 e. The summed E-state index contributed by atoms with van der Waals surface area (Å²) in [4.78, 5) is 41.1. The molecule has 2 aliphatic rings. The van der Waals surface area contributed by atoms with E-state index in [2.05, 4.69) is 39.4 Å². The number of carbonyl (C=O) groups is 2. The highest BCUT2D eigenvalue weighted by Crippen LogP contribution is 2.26. The molecule has 0 spiro atoms. The number of anilines is 1. The number of amidine groups is 1. The molecular weight excluding hydrogens is 430 g/mol. The molecule has 9 heteroatoms. The maximum Gasteiger partial charge on any atom is 0.274 e. The minimum atomic E-state index is -0.358. The molecule has 0 aromatic carbocycles. The Morgan fingerprint density at radius 3 is 2.76 bits per heavy atom. The van der Waals surface area contributed by atoms with E-state index in [1.165, 1.54) is 0 Å². The van der Waals surface area contributed by atoms with Gasteiger partial charge >= 0.3 is 0 Å². The van der Waals surface area contributed by atoms with Crippen LogP contribution in [-0.4, -0.2) is 52.2 Å². The number of aromatic nitrogens is 2. The molecule has 2 amide bonds. The normalized spacial score (nSPS) is 14.8. The van der Waals surface area contributed by atoms with Crippen LogP contribution in [0.2, 0.25) is 0 Å². The van der Waals surface area contributed by atoms with E-state index in [4.69, 9.17) is 5.73 Å². The lowest BCUT2D eigenvalue weighted by molar-refractivity contribution is -0.127. The van der Waals surface area contributed by atoms with Gasteiger partial charge in [-0.25, -0.2) is 9.98 Å². The summed E-state index contributed by atoms with van der Waals surface area (Å²) >= 11 is 0. The van der Waals surface area contributed by atoms with Gasteiger partial charge in [-0.2, -0.15) is 0 Å². The van der Waals surface area contributed by atoms with Gasteiger partial charge in [0.25, 0.3) is 5.91 Å². The first-order valence-electron chi connectivity index (χ1n) is 11.8. The van der Waals surface area contributed by atoms with E-state index in [0.717, 1.165) is 43.6 Å². The number of amides is 2. The lowest BCUT2D eigenvalue weighted by Gasteiger charge is -2.22. The van der Waals surface area contributed by atoms with Gasteiger partial charge in [-0.05, 0) is 42.7 Å². The third-order valence-corrected chi connectivity index (χ3v) is 5.81. The number of nitrogens with one attached hydrogen (secondary N) is 2. The molecule has 0 saturated heterocycles. The third-order valence-electron chi connectivity index (χ3n) is 5.81. The number of fused-ring (bicyclic) bond motifs is 2. The maximum absolute atomic E-state index is 13.1. The third kappa shape index (κ3) is 5.31. The zero-order valence-corrected chi connectivity index (χ0v) is 19.7. The number of carbonyl (C=O) groups excluding carboxylic acids is 2. The molecule has 34 heavy (non-hydrogen) atoms. The fraction of sp³-hybridized carbons (Fsp3) is 0.400. The highest BCUT2D eigenvalue weighted by atomic mass is 16.2. The number of nitrogens with zero attached hydrogens (tertiary/aromatic N) is 4. The maximum atomic E-state index is 13.1. The van der Waals surface area contributed by atoms with Crippen LogP contribution < -0.4 is 16.4 Å². The molecule has 0 fully saturated rings. The van der Waals surface area contributed by atoms with Crippen molar-refractivity contribution in [3.05, 3.63) is 52.5 Å². The molecule has 2 aromatic heterocycles. The summed E-state index contributed by atoms with van der Waals surface area (Å²) in [6.45, 7) is 7.13. The second-order valence-electron chi connectivity index (χ2n) is 8.56. The number of nitrogens with two attached hydrogens (primary N) is 1. The monoisotopic (exact) mass is 461 g/mol. The van der Waals surface area contributed by atoms with Gasteiger partial charge in [0.05, 0.1) is 11.9 Å². The summed E-state index contributed by atoms with van der Waals surface area (Å²) in [5.41, 5.74) is 10.3. The Bertz CT molecular complexity index is 1150. The topological polar surface area (TPSA) is 126 Å². The molecule has 0 bridgehead atoms. The van der Waals surface area contributed by atoms with Crippen molar-refractivity contribution in [3.8, 4) is 0 Å². The molecular formula is C25H31N7O2. The molecule has 2 aromatic rings.